The first-order valence-corrected chi connectivity index (χ1v) is 6.78. The Balaban J connectivity index is 3.13. The SMILES string of the molecule is CS(=O)(=O)Nc1ccc(Br)cc1OC(F)(F)F. The van der Waals surface area contributed by atoms with Gasteiger partial charge in [0.05, 0.1) is 11.9 Å². The molecule has 17 heavy (non-hydrogen) atoms. The molecule has 0 amide bonds. The third-order valence-electron chi connectivity index (χ3n) is 1.46. The maximum atomic E-state index is 12.1. The van der Waals surface area contributed by atoms with Crippen molar-refractivity contribution in [2.45, 2.75) is 6.36 Å². The molecule has 0 bridgehead atoms. The zero-order chi connectivity index (χ0) is 13.3. The van der Waals surface area contributed by atoms with Crippen molar-refractivity contribution < 1.29 is 26.3 Å². The molecule has 0 atom stereocenters. The van der Waals surface area contributed by atoms with E-state index in [2.05, 4.69) is 20.7 Å². The Hall–Kier alpha value is -0.960. The Kier molecular flexibility index (Phi) is 3.92. The molecule has 0 heterocycles. The number of sulfonamides is 1. The van der Waals surface area contributed by atoms with Crippen LogP contribution in [0.5, 0.6) is 5.75 Å². The summed E-state index contributed by atoms with van der Waals surface area (Å²) in [4.78, 5) is 0. The van der Waals surface area contributed by atoms with E-state index in [0.29, 0.717) is 4.47 Å². The summed E-state index contributed by atoms with van der Waals surface area (Å²) in [5.74, 6) is -0.627. The molecule has 9 heteroatoms. The van der Waals surface area contributed by atoms with Gasteiger partial charge in [-0.3, -0.25) is 4.72 Å². The number of benzene rings is 1. The molecule has 0 fully saturated rings. The molecule has 1 aromatic carbocycles. The normalized spacial score (nSPS) is 12.3. The van der Waals surface area contributed by atoms with E-state index in [1.54, 1.807) is 0 Å². The summed E-state index contributed by atoms with van der Waals surface area (Å²) in [5.41, 5.74) is -0.284. The molecule has 0 aromatic heterocycles. The van der Waals surface area contributed by atoms with Crippen LogP contribution in [0.3, 0.4) is 0 Å². The average Bonchev–Trinajstić information content (AvgIpc) is 2.05. The second-order valence-electron chi connectivity index (χ2n) is 3.06. The third-order valence-corrected chi connectivity index (χ3v) is 2.55. The molecule has 96 valence electrons. The molecule has 1 rings (SSSR count). The van der Waals surface area contributed by atoms with Crippen LogP contribution in [0.1, 0.15) is 0 Å². The second-order valence-corrected chi connectivity index (χ2v) is 5.73. The van der Waals surface area contributed by atoms with Gasteiger partial charge in [0.15, 0.2) is 5.75 Å². The predicted molar refractivity (Wildman–Crippen MR) is 59.3 cm³/mol. The lowest BCUT2D eigenvalue weighted by Gasteiger charge is -2.14. The van der Waals surface area contributed by atoms with Crippen LogP contribution in [-0.4, -0.2) is 21.0 Å². The highest BCUT2D eigenvalue weighted by molar-refractivity contribution is 9.10. The van der Waals surface area contributed by atoms with Crippen LogP contribution in [0.15, 0.2) is 22.7 Å². The van der Waals surface area contributed by atoms with Gasteiger partial charge in [-0.05, 0) is 18.2 Å². The number of hydrogen-bond donors (Lipinski definition) is 1. The quantitative estimate of drug-likeness (QED) is 0.925. The summed E-state index contributed by atoms with van der Waals surface area (Å²) in [7, 11) is -3.68. The Labute approximate surface area is 104 Å². The van der Waals surface area contributed by atoms with E-state index < -0.39 is 22.1 Å². The van der Waals surface area contributed by atoms with Crippen LogP contribution in [0.4, 0.5) is 18.9 Å². The smallest absolute Gasteiger partial charge is 0.403 e. The first kappa shape index (κ1) is 14.1. The van der Waals surface area contributed by atoms with Crippen molar-refractivity contribution >= 4 is 31.6 Å². The summed E-state index contributed by atoms with van der Waals surface area (Å²) in [6.07, 6.45) is -4.07. The maximum absolute atomic E-state index is 12.1. The van der Waals surface area contributed by atoms with E-state index in [1.807, 2.05) is 4.72 Å². The van der Waals surface area contributed by atoms with Gasteiger partial charge in [-0.25, -0.2) is 8.42 Å². The van der Waals surface area contributed by atoms with E-state index in [-0.39, 0.29) is 5.69 Å². The third kappa shape index (κ3) is 5.26. The van der Waals surface area contributed by atoms with E-state index in [4.69, 9.17) is 0 Å². The molecule has 0 unspecified atom stereocenters. The van der Waals surface area contributed by atoms with Crippen LogP contribution in [0.25, 0.3) is 0 Å². The van der Waals surface area contributed by atoms with Crippen molar-refractivity contribution in [3.05, 3.63) is 22.7 Å². The van der Waals surface area contributed by atoms with E-state index >= 15 is 0 Å². The van der Waals surface area contributed by atoms with Gasteiger partial charge in [-0.2, -0.15) is 0 Å². The van der Waals surface area contributed by atoms with Gasteiger partial charge >= 0.3 is 6.36 Å². The molecule has 0 saturated carbocycles. The van der Waals surface area contributed by atoms with Gasteiger partial charge in [0, 0.05) is 4.47 Å². The highest BCUT2D eigenvalue weighted by atomic mass is 79.9. The predicted octanol–water partition coefficient (Wildman–Crippen LogP) is 2.72. The number of nitrogens with one attached hydrogen (secondary N) is 1. The Morgan fingerprint density at radius 3 is 2.41 bits per heavy atom. The molecule has 4 nitrogen and oxygen atoms in total. The first-order chi connectivity index (χ1) is 7.57. The molecule has 1 N–H and O–H groups in total. The molecule has 0 aliphatic rings. The lowest BCUT2D eigenvalue weighted by molar-refractivity contribution is -0.274. The summed E-state index contributed by atoms with van der Waals surface area (Å²) in [5, 5.41) is 0. The van der Waals surface area contributed by atoms with Gasteiger partial charge in [0.1, 0.15) is 0 Å². The van der Waals surface area contributed by atoms with Gasteiger partial charge in [-0.15, -0.1) is 13.2 Å². The van der Waals surface area contributed by atoms with Crippen LogP contribution in [-0.2, 0) is 10.0 Å². The second kappa shape index (κ2) is 4.73. The Morgan fingerprint density at radius 1 is 1.35 bits per heavy atom. The molecular formula is C8H7BrF3NO3S. The van der Waals surface area contributed by atoms with E-state index in [0.717, 1.165) is 18.4 Å². The number of halogens is 4. The fourth-order valence-electron chi connectivity index (χ4n) is 0.989. The summed E-state index contributed by atoms with van der Waals surface area (Å²) in [6.45, 7) is 0. The molecule has 0 radical (unpaired) electrons. The fourth-order valence-corrected chi connectivity index (χ4v) is 1.90. The average molecular weight is 334 g/mol. The van der Waals surface area contributed by atoms with Crippen molar-refractivity contribution in [3.63, 3.8) is 0 Å². The Bertz CT molecular complexity index is 515. The zero-order valence-corrected chi connectivity index (χ0v) is 10.8. The highest BCUT2D eigenvalue weighted by Gasteiger charge is 2.32. The van der Waals surface area contributed by atoms with Crippen molar-refractivity contribution in [1.29, 1.82) is 0 Å². The van der Waals surface area contributed by atoms with Crippen LogP contribution < -0.4 is 9.46 Å². The summed E-state index contributed by atoms with van der Waals surface area (Å²) < 4.78 is 64.1. The topological polar surface area (TPSA) is 55.4 Å². The van der Waals surface area contributed by atoms with E-state index in [9.17, 15) is 21.6 Å². The minimum atomic E-state index is -4.89. The van der Waals surface area contributed by atoms with Gasteiger partial charge in [0.2, 0.25) is 10.0 Å². The van der Waals surface area contributed by atoms with Crippen molar-refractivity contribution in [2.24, 2.45) is 0 Å². The summed E-state index contributed by atoms with van der Waals surface area (Å²) in [6, 6.07) is 3.56. The Morgan fingerprint density at radius 2 is 1.94 bits per heavy atom. The molecule has 0 spiro atoms. The number of hydrogen-bond acceptors (Lipinski definition) is 3. The van der Waals surface area contributed by atoms with E-state index in [1.165, 1.54) is 6.07 Å². The largest absolute Gasteiger partial charge is 0.573 e. The molecular weight excluding hydrogens is 327 g/mol. The minimum absolute atomic E-state index is 0.284. The molecule has 1 aromatic rings. The maximum Gasteiger partial charge on any atom is 0.573 e. The standard InChI is InChI=1S/C8H7BrF3NO3S/c1-17(14,15)13-6-3-2-5(9)4-7(6)16-8(10,11)12/h2-4,13H,1H3. The van der Waals surface area contributed by atoms with Gasteiger partial charge in [0.25, 0.3) is 0 Å². The number of anilines is 1. The number of alkyl halides is 3. The van der Waals surface area contributed by atoms with Crippen LogP contribution in [0.2, 0.25) is 0 Å². The zero-order valence-electron chi connectivity index (χ0n) is 8.38. The highest BCUT2D eigenvalue weighted by Crippen LogP contribution is 2.33. The van der Waals surface area contributed by atoms with Gasteiger partial charge in [-0.1, -0.05) is 15.9 Å². The first-order valence-electron chi connectivity index (χ1n) is 4.10. The number of rotatable bonds is 3. The van der Waals surface area contributed by atoms with Crippen molar-refractivity contribution in [2.75, 3.05) is 11.0 Å². The van der Waals surface area contributed by atoms with Crippen LogP contribution in [0, 0.1) is 0 Å². The molecule has 0 aliphatic heterocycles. The minimum Gasteiger partial charge on any atom is -0.403 e. The van der Waals surface area contributed by atoms with Gasteiger partial charge < -0.3 is 4.74 Å². The number of ether oxygens (including phenoxy) is 1. The lowest BCUT2D eigenvalue weighted by Crippen LogP contribution is -2.19. The summed E-state index contributed by atoms with van der Waals surface area (Å²) >= 11 is 2.96. The fraction of sp³-hybridized carbons (Fsp3) is 0.250. The lowest BCUT2D eigenvalue weighted by atomic mass is 10.3. The van der Waals surface area contributed by atoms with Crippen molar-refractivity contribution in [1.82, 2.24) is 0 Å². The van der Waals surface area contributed by atoms with Crippen LogP contribution >= 0.6 is 15.9 Å². The molecule has 0 aliphatic carbocycles. The molecule has 0 saturated heterocycles. The van der Waals surface area contributed by atoms with Crippen molar-refractivity contribution in [3.8, 4) is 5.75 Å². The monoisotopic (exact) mass is 333 g/mol.